The second-order valence-corrected chi connectivity index (χ2v) is 4.60. The third-order valence-electron chi connectivity index (χ3n) is 1.89. The summed E-state index contributed by atoms with van der Waals surface area (Å²) in [6.45, 7) is 3.50. The number of carbonyl (C=O) groups is 1. The molecule has 0 saturated carbocycles. The molecule has 76 valence electrons. The van der Waals surface area contributed by atoms with Crippen LogP contribution in [-0.2, 0) is 4.74 Å². The Bertz CT molecular complexity index is 178. The first kappa shape index (κ1) is 10.7. The van der Waals surface area contributed by atoms with Crippen LogP contribution in [0.1, 0.15) is 13.3 Å². The highest BCUT2D eigenvalue weighted by atomic mass is 32.2. The second kappa shape index (κ2) is 5.34. The van der Waals surface area contributed by atoms with Gasteiger partial charge < -0.3 is 15.8 Å². The third-order valence-corrected chi connectivity index (χ3v) is 3.26. The zero-order chi connectivity index (χ0) is 9.68. The van der Waals surface area contributed by atoms with E-state index in [9.17, 15) is 4.79 Å². The lowest BCUT2D eigenvalue weighted by molar-refractivity contribution is 0.150. The van der Waals surface area contributed by atoms with E-state index in [-0.39, 0.29) is 12.2 Å². The summed E-state index contributed by atoms with van der Waals surface area (Å²) in [5.41, 5.74) is 5.42. The SMILES string of the molecule is CC(CCN)SCC1CNC(=O)O1. The summed E-state index contributed by atoms with van der Waals surface area (Å²) in [6.07, 6.45) is 0.758. The summed E-state index contributed by atoms with van der Waals surface area (Å²) < 4.78 is 4.99. The molecule has 1 fully saturated rings. The van der Waals surface area contributed by atoms with E-state index in [4.69, 9.17) is 10.5 Å². The highest BCUT2D eigenvalue weighted by Crippen LogP contribution is 2.16. The summed E-state index contributed by atoms with van der Waals surface area (Å²) in [5.74, 6) is 0.861. The first-order valence-electron chi connectivity index (χ1n) is 4.48. The molecule has 4 nitrogen and oxygen atoms in total. The highest BCUT2D eigenvalue weighted by Gasteiger charge is 2.22. The van der Waals surface area contributed by atoms with Crippen molar-refractivity contribution in [2.45, 2.75) is 24.7 Å². The number of nitrogens with one attached hydrogen (secondary N) is 1. The molecule has 0 spiro atoms. The summed E-state index contributed by atoms with van der Waals surface area (Å²) in [4.78, 5) is 10.7. The molecule has 0 aromatic heterocycles. The van der Waals surface area contributed by atoms with E-state index < -0.39 is 0 Å². The highest BCUT2D eigenvalue weighted by molar-refractivity contribution is 7.99. The first-order chi connectivity index (χ1) is 6.22. The lowest BCUT2D eigenvalue weighted by Crippen LogP contribution is -2.18. The van der Waals surface area contributed by atoms with E-state index in [0.29, 0.717) is 11.8 Å². The molecule has 0 aliphatic carbocycles. The first-order valence-corrected chi connectivity index (χ1v) is 5.53. The van der Waals surface area contributed by atoms with Gasteiger partial charge in [0, 0.05) is 11.0 Å². The minimum absolute atomic E-state index is 0.0396. The van der Waals surface area contributed by atoms with E-state index in [2.05, 4.69) is 12.2 Å². The Balaban J connectivity index is 2.08. The molecule has 1 amide bonds. The van der Waals surface area contributed by atoms with E-state index in [1.807, 2.05) is 0 Å². The Labute approximate surface area is 82.6 Å². The Kier molecular flexibility index (Phi) is 4.38. The van der Waals surface area contributed by atoms with Gasteiger partial charge in [-0.1, -0.05) is 6.92 Å². The van der Waals surface area contributed by atoms with Crippen LogP contribution in [-0.4, -0.2) is 36.3 Å². The normalized spacial score (nSPS) is 23.8. The molecule has 5 heteroatoms. The van der Waals surface area contributed by atoms with Gasteiger partial charge in [-0.15, -0.1) is 0 Å². The summed E-state index contributed by atoms with van der Waals surface area (Å²) in [6, 6.07) is 0. The molecule has 0 aromatic rings. The molecule has 2 atom stereocenters. The molecule has 1 aliphatic rings. The smallest absolute Gasteiger partial charge is 0.407 e. The molecule has 1 aliphatic heterocycles. The lowest BCUT2D eigenvalue weighted by atomic mass is 10.3. The number of cyclic esters (lactones) is 1. The molecule has 2 unspecified atom stereocenters. The maximum absolute atomic E-state index is 10.7. The summed E-state index contributed by atoms with van der Waals surface area (Å²) in [7, 11) is 0. The Morgan fingerprint density at radius 2 is 2.62 bits per heavy atom. The van der Waals surface area contributed by atoms with Gasteiger partial charge in [0.25, 0.3) is 0 Å². The van der Waals surface area contributed by atoms with Gasteiger partial charge in [0.05, 0.1) is 6.54 Å². The maximum atomic E-state index is 10.7. The molecule has 3 N–H and O–H groups in total. The van der Waals surface area contributed by atoms with Crippen LogP contribution in [0.15, 0.2) is 0 Å². The summed E-state index contributed by atoms with van der Waals surface area (Å²) >= 11 is 1.80. The molecule has 1 heterocycles. The molecule has 1 rings (SSSR count). The van der Waals surface area contributed by atoms with E-state index in [1.54, 1.807) is 11.8 Å². The van der Waals surface area contributed by atoms with Crippen molar-refractivity contribution in [2.24, 2.45) is 5.73 Å². The number of hydrogen-bond acceptors (Lipinski definition) is 4. The van der Waals surface area contributed by atoms with Crippen LogP contribution < -0.4 is 11.1 Å². The second-order valence-electron chi connectivity index (χ2n) is 3.13. The predicted octanol–water partition coefficient (Wildman–Crippen LogP) is 0.565. The number of hydrogen-bond donors (Lipinski definition) is 2. The van der Waals surface area contributed by atoms with Crippen LogP contribution in [0.3, 0.4) is 0 Å². The topological polar surface area (TPSA) is 64.3 Å². The van der Waals surface area contributed by atoms with Crippen LogP contribution in [0.2, 0.25) is 0 Å². The van der Waals surface area contributed by atoms with Crippen LogP contribution in [0, 0.1) is 0 Å². The van der Waals surface area contributed by atoms with Crippen molar-refractivity contribution in [3.05, 3.63) is 0 Å². The number of ether oxygens (including phenoxy) is 1. The van der Waals surface area contributed by atoms with Gasteiger partial charge in [-0.2, -0.15) is 11.8 Å². The fourth-order valence-electron chi connectivity index (χ4n) is 1.11. The van der Waals surface area contributed by atoms with Crippen molar-refractivity contribution in [1.82, 2.24) is 5.32 Å². The van der Waals surface area contributed by atoms with Crippen molar-refractivity contribution in [3.8, 4) is 0 Å². The van der Waals surface area contributed by atoms with Crippen molar-refractivity contribution in [1.29, 1.82) is 0 Å². The average Bonchev–Trinajstić information content (AvgIpc) is 2.49. The van der Waals surface area contributed by atoms with Crippen molar-refractivity contribution >= 4 is 17.9 Å². The Morgan fingerprint density at radius 3 is 3.15 bits per heavy atom. The number of amides is 1. The van der Waals surface area contributed by atoms with Crippen molar-refractivity contribution < 1.29 is 9.53 Å². The molecule has 13 heavy (non-hydrogen) atoms. The summed E-state index contributed by atoms with van der Waals surface area (Å²) in [5, 5.41) is 3.17. The van der Waals surface area contributed by atoms with Crippen molar-refractivity contribution in [3.63, 3.8) is 0 Å². The fraction of sp³-hybridized carbons (Fsp3) is 0.875. The molecule has 0 radical (unpaired) electrons. The quantitative estimate of drug-likeness (QED) is 0.687. The largest absolute Gasteiger partial charge is 0.443 e. The molecule has 1 saturated heterocycles. The van der Waals surface area contributed by atoms with E-state index >= 15 is 0 Å². The standard InChI is InChI=1S/C8H16N2O2S/c1-6(2-3-9)13-5-7-4-10-8(11)12-7/h6-7H,2-5,9H2,1H3,(H,10,11). The molecule has 0 bridgehead atoms. The minimum atomic E-state index is -0.294. The molecule has 0 aromatic carbocycles. The fourth-order valence-corrected chi connectivity index (χ4v) is 2.15. The number of rotatable bonds is 5. The van der Waals surface area contributed by atoms with E-state index in [0.717, 1.165) is 18.7 Å². The van der Waals surface area contributed by atoms with Gasteiger partial charge in [-0.3, -0.25) is 0 Å². The van der Waals surface area contributed by atoms with E-state index in [1.165, 1.54) is 0 Å². The maximum Gasteiger partial charge on any atom is 0.407 e. The van der Waals surface area contributed by atoms with Crippen molar-refractivity contribution in [2.75, 3.05) is 18.8 Å². The van der Waals surface area contributed by atoms with Crippen LogP contribution >= 0.6 is 11.8 Å². The monoisotopic (exact) mass is 204 g/mol. The van der Waals surface area contributed by atoms with Crippen LogP contribution in [0.4, 0.5) is 4.79 Å². The zero-order valence-corrected chi connectivity index (χ0v) is 8.60. The van der Waals surface area contributed by atoms with Gasteiger partial charge in [0.15, 0.2) is 0 Å². The van der Waals surface area contributed by atoms with Crippen LogP contribution in [0.25, 0.3) is 0 Å². The Hall–Kier alpha value is -0.420. The lowest BCUT2D eigenvalue weighted by Gasteiger charge is -2.12. The Morgan fingerprint density at radius 1 is 1.85 bits per heavy atom. The van der Waals surface area contributed by atoms with Gasteiger partial charge >= 0.3 is 6.09 Å². The number of carbonyl (C=O) groups excluding carboxylic acids is 1. The number of nitrogens with two attached hydrogens (primary N) is 1. The number of thioether (sulfide) groups is 1. The van der Waals surface area contributed by atoms with Gasteiger partial charge in [0.2, 0.25) is 0 Å². The molecular formula is C8H16N2O2S. The number of alkyl carbamates (subject to hydrolysis) is 1. The van der Waals surface area contributed by atoms with Gasteiger partial charge in [0.1, 0.15) is 6.10 Å². The minimum Gasteiger partial charge on any atom is -0.443 e. The molecular weight excluding hydrogens is 188 g/mol. The predicted molar refractivity (Wildman–Crippen MR) is 53.9 cm³/mol. The van der Waals surface area contributed by atoms with Gasteiger partial charge in [-0.25, -0.2) is 4.79 Å². The average molecular weight is 204 g/mol. The zero-order valence-electron chi connectivity index (χ0n) is 7.79. The third kappa shape index (κ3) is 3.87. The van der Waals surface area contributed by atoms with Crippen LogP contribution in [0.5, 0.6) is 0 Å². The van der Waals surface area contributed by atoms with Gasteiger partial charge in [-0.05, 0) is 13.0 Å².